The predicted octanol–water partition coefficient (Wildman–Crippen LogP) is 7.55. The number of hydrogen-bond donors (Lipinski definition) is 1. The van der Waals surface area contributed by atoms with Crippen molar-refractivity contribution in [2.75, 3.05) is 18.4 Å². The molecule has 5 rings (SSSR count). The monoisotopic (exact) mass is 594 g/mol. The van der Waals surface area contributed by atoms with Crippen LogP contribution in [0, 0.1) is 19.8 Å². The Morgan fingerprint density at radius 3 is 2.56 bits per heavy atom. The number of likely N-dealkylation sites (tertiary alicyclic amines) is 1. The van der Waals surface area contributed by atoms with Crippen LogP contribution in [-0.4, -0.2) is 49.8 Å². The number of ether oxygens (including phenoxy) is 2. The fraction of sp³-hybridized carbons (Fsp3) is 0.414. The van der Waals surface area contributed by atoms with E-state index in [0.29, 0.717) is 42.1 Å². The molecule has 12 heteroatoms. The minimum Gasteiger partial charge on any atom is -0.453 e. The number of rotatable bonds is 8. The van der Waals surface area contributed by atoms with Crippen molar-refractivity contribution in [2.45, 2.75) is 63.2 Å². The van der Waals surface area contributed by atoms with Crippen LogP contribution in [0.15, 0.2) is 57.4 Å². The molecular weight excluding hydrogens is 560 g/mol. The number of nitrogens with zero attached hydrogens (tertiary/aromatic N) is 5. The van der Waals surface area contributed by atoms with Crippen LogP contribution in [-0.2, 0) is 4.74 Å². The van der Waals surface area contributed by atoms with Crippen LogP contribution >= 0.6 is 23.1 Å². The fourth-order valence-corrected chi connectivity index (χ4v) is 6.36. The molecule has 0 bridgehead atoms. The lowest BCUT2D eigenvalue weighted by Crippen LogP contribution is -2.42. The number of thiazole rings is 1. The summed E-state index contributed by atoms with van der Waals surface area (Å²) in [5.41, 5.74) is 0.408. The lowest BCUT2D eigenvalue weighted by molar-refractivity contribution is 0.0181. The first-order valence-electron chi connectivity index (χ1n) is 13.5. The summed E-state index contributed by atoms with van der Waals surface area (Å²) < 4.78 is 17.5. The highest BCUT2D eigenvalue weighted by atomic mass is 32.2. The van der Waals surface area contributed by atoms with Gasteiger partial charge in [0.25, 0.3) is 0 Å². The molecule has 1 fully saturated rings. The number of carbonyl (C=O) groups excluding carboxylic acids is 1. The number of nitrogens with one attached hydrogen (secondary N) is 1. The molecule has 0 spiro atoms. The Kier molecular flexibility index (Phi) is 8.79. The van der Waals surface area contributed by atoms with Gasteiger partial charge in [0.1, 0.15) is 11.4 Å². The lowest BCUT2D eigenvalue weighted by atomic mass is 9.93. The van der Waals surface area contributed by atoms with Crippen molar-refractivity contribution in [3.63, 3.8) is 0 Å². The highest BCUT2D eigenvalue weighted by molar-refractivity contribution is 7.99. The zero-order chi connectivity index (χ0) is 29.0. The van der Waals surface area contributed by atoms with Gasteiger partial charge in [-0.3, -0.25) is 0 Å². The highest BCUT2D eigenvalue weighted by Crippen LogP contribution is 2.46. The Bertz CT molecular complexity index is 1460. The Labute approximate surface area is 247 Å². The van der Waals surface area contributed by atoms with Crippen LogP contribution < -0.4 is 10.1 Å². The molecule has 4 aromatic rings. The van der Waals surface area contributed by atoms with Gasteiger partial charge in [0.05, 0.1) is 10.9 Å². The Hall–Kier alpha value is -3.64. The molecule has 216 valence electrons. The van der Waals surface area contributed by atoms with E-state index in [2.05, 4.69) is 20.4 Å². The van der Waals surface area contributed by atoms with Crippen LogP contribution in [0.2, 0.25) is 0 Å². The van der Waals surface area contributed by atoms with Crippen LogP contribution in [0.3, 0.4) is 0 Å². The topological polar surface area (TPSA) is 116 Å². The number of thioether (sulfide) groups is 1. The minimum absolute atomic E-state index is 0.121. The maximum Gasteiger partial charge on any atom is 0.410 e. The Balaban J connectivity index is 1.38. The second-order valence-electron chi connectivity index (χ2n) is 10.9. The SMILES string of the molecule is Cc1csc(Nc2ncc(SC(c3nc(C)no3)C3CCN(C(=O)OC(C)(C)C)CC3)cc2Oc2ccccc2)n1. The Morgan fingerprint density at radius 2 is 1.93 bits per heavy atom. The average molecular weight is 595 g/mol. The number of piperidine rings is 1. The van der Waals surface area contributed by atoms with E-state index >= 15 is 0 Å². The predicted molar refractivity (Wildman–Crippen MR) is 159 cm³/mol. The summed E-state index contributed by atoms with van der Waals surface area (Å²) in [6, 6.07) is 11.6. The average Bonchev–Trinajstić information content (AvgIpc) is 3.56. The van der Waals surface area contributed by atoms with Gasteiger partial charge in [-0.2, -0.15) is 4.98 Å². The van der Waals surface area contributed by atoms with Crippen molar-refractivity contribution in [3.05, 3.63) is 65.4 Å². The summed E-state index contributed by atoms with van der Waals surface area (Å²) in [6.45, 7) is 10.6. The number of aromatic nitrogens is 4. The highest BCUT2D eigenvalue weighted by Gasteiger charge is 2.35. The normalized spacial score (nSPS) is 15.0. The third-order valence-corrected chi connectivity index (χ3v) is 8.52. The number of hydrogen-bond acceptors (Lipinski definition) is 11. The van der Waals surface area contributed by atoms with Gasteiger partial charge in [0, 0.05) is 29.6 Å². The van der Waals surface area contributed by atoms with E-state index in [1.165, 1.54) is 11.3 Å². The van der Waals surface area contributed by atoms with Gasteiger partial charge in [-0.05, 0) is 71.6 Å². The van der Waals surface area contributed by atoms with E-state index in [1.807, 2.05) is 82.6 Å². The maximum absolute atomic E-state index is 12.6. The number of anilines is 2. The summed E-state index contributed by atoms with van der Waals surface area (Å²) in [5, 5.41) is 9.95. The first-order valence-corrected chi connectivity index (χ1v) is 15.3. The summed E-state index contributed by atoms with van der Waals surface area (Å²) >= 11 is 3.12. The number of para-hydroxylation sites is 1. The van der Waals surface area contributed by atoms with Gasteiger partial charge < -0.3 is 24.2 Å². The second-order valence-corrected chi connectivity index (χ2v) is 12.9. The molecule has 1 unspecified atom stereocenters. The van der Waals surface area contributed by atoms with Crippen molar-refractivity contribution in [2.24, 2.45) is 5.92 Å². The molecule has 1 aromatic carbocycles. The van der Waals surface area contributed by atoms with E-state index in [0.717, 1.165) is 28.6 Å². The van der Waals surface area contributed by atoms with E-state index in [4.69, 9.17) is 19.0 Å². The van der Waals surface area contributed by atoms with Crippen molar-refractivity contribution in [1.82, 2.24) is 25.0 Å². The first kappa shape index (κ1) is 28.9. The maximum atomic E-state index is 12.6. The molecule has 10 nitrogen and oxygen atoms in total. The molecule has 1 atom stereocenters. The summed E-state index contributed by atoms with van der Waals surface area (Å²) in [5.74, 6) is 3.20. The molecule has 1 saturated heterocycles. The van der Waals surface area contributed by atoms with E-state index in [-0.39, 0.29) is 17.3 Å². The lowest BCUT2D eigenvalue weighted by Gasteiger charge is -2.35. The van der Waals surface area contributed by atoms with Gasteiger partial charge in [0.2, 0.25) is 5.89 Å². The quantitative estimate of drug-likeness (QED) is 0.205. The van der Waals surface area contributed by atoms with Gasteiger partial charge in [0.15, 0.2) is 22.5 Å². The molecule has 1 aliphatic rings. The minimum atomic E-state index is -0.528. The van der Waals surface area contributed by atoms with Crippen molar-refractivity contribution in [1.29, 1.82) is 0 Å². The number of pyridine rings is 1. The third-order valence-electron chi connectivity index (χ3n) is 6.31. The molecule has 41 heavy (non-hydrogen) atoms. The molecular formula is C29H34N6O4S2. The van der Waals surface area contributed by atoms with Crippen LogP contribution in [0.1, 0.15) is 56.3 Å². The summed E-state index contributed by atoms with van der Waals surface area (Å²) in [4.78, 5) is 29.1. The molecule has 0 aliphatic carbocycles. The molecule has 3 aromatic heterocycles. The third kappa shape index (κ3) is 7.76. The van der Waals surface area contributed by atoms with Crippen LogP contribution in [0.4, 0.5) is 15.7 Å². The number of carbonyl (C=O) groups is 1. The number of benzene rings is 1. The summed E-state index contributed by atoms with van der Waals surface area (Å²) in [6.07, 6.45) is 3.10. The van der Waals surface area contributed by atoms with Gasteiger partial charge in [-0.15, -0.1) is 23.1 Å². The second kappa shape index (κ2) is 12.5. The van der Waals surface area contributed by atoms with Gasteiger partial charge in [-0.1, -0.05) is 23.4 Å². The first-order chi connectivity index (χ1) is 19.6. The molecule has 1 aliphatic heterocycles. The van der Waals surface area contributed by atoms with E-state index in [1.54, 1.807) is 16.7 Å². The Morgan fingerprint density at radius 1 is 1.17 bits per heavy atom. The standard InChI is InChI=1S/C29H34N6O4S2/c1-18-17-40-27(31-18)33-25-23(37-21-9-7-6-8-10-21)15-22(16-30-25)41-24(26-32-19(2)34-39-26)20-11-13-35(14-12-20)28(36)38-29(3,4)5/h6-10,15-17,20,24H,11-14H2,1-5H3,(H,30,31,33). The van der Waals surface area contributed by atoms with Crippen LogP contribution in [0.25, 0.3) is 0 Å². The largest absolute Gasteiger partial charge is 0.453 e. The zero-order valence-electron chi connectivity index (χ0n) is 23.8. The summed E-state index contributed by atoms with van der Waals surface area (Å²) in [7, 11) is 0. The van der Waals surface area contributed by atoms with Crippen molar-refractivity contribution in [3.8, 4) is 11.5 Å². The van der Waals surface area contributed by atoms with Crippen molar-refractivity contribution < 1.29 is 18.8 Å². The molecule has 0 radical (unpaired) electrons. The fourth-order valence-electron chi connectivity index (χ4n) is 4.43. The zero-order valence-corrected chi connectivity index (χ0v) is 25.4. The van der Waals surface area contributed by atoms with Crippen LogP contribution in [0.5, 0.6) is 11.5 Å². The molecule has 4 heterocycles. The molecule has 1 amide bonds. The number of amides is 1. The molecule has 1 N–H and O–H groups in total. The van der Waals surface area contributed by atoms with E-state index in [9.17, 15) is 4.79 Å². The van der Waals surface area contributed by atoms with E-state index < -0.39 is 5.60 Å². The molecule has 0 saturated carbocycles. The smallest absolute Gasteiger partial charge is 0.410 e. The van der Waals surface area contributed by atoms with Gasteiger partial charge in [-0.25, -0.2) is 14.8 Å². The van der Waals surface area contributed by atoms with Gasteiger partial charge >= 0.3 is 6.09 Å². The van der Waals surface area contributed by atoms with Crippen molar-refractivity contribution >= 4 is 40.1 Å². The number of aryl methyl sites for hydroxylation is 2.